The minimum Gasteiger partial charge on any atom is -0.358 e. The van der Waals surface area contributed by atoms with Crippen molar-refractivity contribution in [3.63, 3.8) is 0 Å². The maximum atomic E-state index is 10.3. The topological polar surface area (TPSA) is 61.0 Å². The molecule has 0 aliphatic heterocycles. The lowest BCUT2D eigenvalue weighted by atomic mass is 9.85. The molecule has 0 N–H and O–H groups in total. The van der Waals surface area contributed by atoms with E-state index in [1.54, 1.807) is 10.9 Å². The molecule has 1 aliphatic rings. The van der Waals surface area contributed by atoms with Crippen LogP contribution < -0.4 is 0 Å². The smallest absolute Gasteiger partial charge is 0.358 e. The number of rotatable bonds is 3. The monoisotopic (exact) mass is 181 g/mol. The molecule has 1 aromatic heterocycles. The number of aromatic nitrogens is 2. The molecule has 70 valence electrons. The van der Waals surface area contributed by atoms with Gasteiger partial charge >= 0.3 is 5.82 Å². The fourth-order valence-electron chi connectivity index (χ4n) is 1.49. The van der Waals surface area contributed by atoms with E-state index in [0.29, 0.717) is 5.92 Å². The average Bonchev–Trinajstić information content (AvgIpc) is 2.44. The van der Waals surface area contributed by atoms with E-state index in [1.807, 2.05) is 0 Å². The van der Waals surface area contributed by atoms with Crippen LogP contribution in [0.1, 0.15) is 19.3 Å². The predicted molar refractivity (Wildman–Crippen MR) is 46.2 cm³/mol. The maximum Gasteiger partial charge on any atom is 0.389 e. The van der Waals surface area contributed by atoms with Gasteiger partial charge in [-0.1, -0.05) is 6.42 Å². The van der Waals surface area contributed by atoms with Crippen LogP contribution in [0.4, 0.5) is 5.82 Å². The van der Waals surface area contributed by atoms with Crippen LogP contribution in [0.2, 0.25) is 0 Å². The van der Waals surface area contributed by atoms with Crippen LogP contribution in [0.5, 0.6) is 0 Å². The molecule has 0 amide bonds. The number of hydrogen-bond acceptors (Lipinski definition) is 3. The molecule has 0 unspecified atom stereocenters. The highest BCUT2D eigenvalue weighted by Crippen LogP contribution is 2.27. The van der Waals surface area contributed by atoms with E-state index in [-0.39, 0.29) is 5.82 Å². The van der Waals surface area contributed by atoms with Crippen molar-refractivity contribution in [3.8, 4) is 0 Å². The van der Waals surface area contributed by atoms with Gasteiger partial charge in [-0.25, -0.2) is 0 Å². The van der Waals surface area contributed by atoms with Gasteiger partial charge < -0.3 is 10.1 Å². The van der Waals surface area contributed by atoms with Crippen LogP contribution in [-0.4, -0.2) is 14.7 Å². The lowest BCUT2D eigenvalue weighted by Crippen LogP contribution is -2.18. The quantitative estimate of drug-likeness (QED) is 0.525. The molecule has 5 heteroatoms. The second-order valence-corrected chi connectivity index (χ2v) is 3.45. The Labute approximate surface area is 75.5 Å². The van der Waals surface area contributed by atoms with Crippen LogP contribution in [0.15, 0.2) is 12.3 Å². The molecule has 13 heavy (non-hydrogen) atoms. The van der Waals surface area contributed by atoms with E-state index >= 15 is 0 Å². The normalized spacial score (nSPS) is 16.9. The summed E-state index contributed by atoms with van der Waals surface area (Å²) in [6, 6.07) is 1.44. The predicted octanol–water partition coefficient (Wildman–Crippen LogP) is 1.59. The Balaban J connectivity index is 2.00. The lowest BCUT2D eigenvalue weighted by Gasteiger charge is -2.23. The molecule has 0 bridgehead atoms. The summed E-state index contributed by atoms with van der Waals surface area (Å²) < 4.78 is 1.67. The molecule has 0 radical (unpaired) electrons. The van der Waals surface area contributed by atoms with E-state index in [2.05, 4.69) is 5.10 Å². The van der Waals surface area contributed by atoms with Gasteiger partial charge in [0.05, 0.1) is 23.9 Å². The van der Waals surface area contributed by atoms with Crippen molar-refractivity contribution in [2.24, 2.45) is 5.92 Å². The maximum absolute atomic E-state index is 10.3. The summed E-state index contributed by atoms with van der Waals surface area (Å²) in [5.74, 6) is 0.624. The molecule has 2 rings (SSSR count). The van der Waals surface area contributed by atoms with E-state index in [9.17, 15) is 10.1 Å². The zero-order chi connectivity index (χ0) is 9.26. The SMILES string of the molecule is O=[N+]([O-])c1ccn(CC2CCC2)n1. The van der Waals surface area contributed by atoms with Crippen LogP contribution in [0, 0.1) is 16.0 Å². The third kappa shape index (κ3) is 1.68. The van der Waals surface area contributed by atoms with Crippen LogP contribution >= 0.6 is 0 Å². The third-order valence-electron chi connectivity index (χ3n) is 2.48. The summed E-state index contributed by atoms with van der Waals surface area (Å²) in [4.78, 5) is 9.85. The largest absolute Gasteiger partial charge is 0.389 e. The van der Waals surface area contributed by atoms with Gasteiger partial charge in [0.25, 0.3) is 0 Å². The van der Waals surface area contributed by atoms with E-state index in [1.165, 1.54) is 25.3 Å². The molecule has 0 saturated heterocycles. The summed E-state index contributed by atoms with van der Waals surface area (Å²) in [6.07, 6.45) is 5.42. The van der Waals surface area contributed by atoms with Crippen molar-refractivity contribution in [2.75, 3.05) is 0 Å². The van der Waals surface area contributed by atoms with Gasteiger partial charge in [-0.15, -0.1) is 0 Å². The molecular formula is C8H11N3O2. The first kappa shape index (κ1) is 8.22. The third-order valence-corrected chi connectivity index (χ3v) is 2.48. The Kier molecular flexibility index (Phi) is 2.00. The molecule has 1 aromatic rings. The van der Waals surface area contributed by atoms with E-state index in [4.69, 9.17) is 0 Å². The molecule has 0 aromatic carbocycles. The van der Waals surface area contributed by atoms with Gasteiger partial charge in [0.2, 0.25) is 0 Å². The fourth-order valence-corrected chi connectivity index (χ4v) is 1.49. The Bertz CT molecular complexity index is 317. The van der Waals surface area contributed by atoms with Crippen molar-refractivity contribution in [1.29, 1.82) is 0 Å². The average molecular weight is 181 g/mol. The first-order valence-corrected chi connectivity index (χ1v) is 4.43. The van der Waals surface area contributed by atoms with Crippen molar-refractivity contribution in [2.45, 2.75) is 25.8 Å². The van der Waals surface area contributed by atoms with Crippen LogP contribution in [0.3, 0.4) is 0 Å². The molecule has 1 aliphatic carbocycles. The first-order chi connectivity index (χ1) is 6.25. The summed E-state index contributed by atoms with van der Waals surface area (Å²) in [7, 11) is 0. The fraction of sp³-hybridized carbons (Fsp3) is 0.625. The van der Waals surface area contributed by atoms with Gasteiger partial charge in [0.1, 0.15) is 0 Å². The Morgan fingerprint density at radius 2 is 2.46 bits per heavy atom. The summed E-state index contributed by atoms with van der Waals surface area (Å²) in [6.45, 7) is 0.827. The van der Waals surface area contributed by atoms with E-state index < -0.39 is 4.92 Å². The minimum atomic E-state index is -0.461. The van der Waals surface area contributed by atoms with Gasteiger partial charge in [0.15, 0.2) is 0 Å². The number of nitro groups is 1. The summed E-state index contributed by atoms with van der Waals surface area (Å²) in [5, 5.41) is 14.2. The second-order valence-electron chi connectivity index (χ2n) is 3.45. The zero-order valence-corrected chi connectivity index (χ0v) is 7.22. The molecule has 1 fully saturated rings. The first-order valence-electron chi connectivity index (χ1n) is 4.43. The highest BCUT2D eigenvalue weighted by Gasteiger charge is 2.20. The molecule has 1 saturated carbocycles. The highest BCUT2D eigenvalue weighted by molar-refractivity contribution is 5.13. The number of nitrogens with zero attached hydrogens (tertiary/aromatic N) is 3. The van der Waals surface area contributed by atoms with Gasteiger partial charge in [0, 0.05) is 0 Å². The summed E-state index contributed by atoms with van der Waals surface area (Å²) in [5.41, 5.74) is 0. The van der Waals surface area contributed by atoms with Crippen LogP contribution in [0.25, 0.3) is 0 Å². The lowest BCUT2D eigenvalue weighted by molar-refractivity contribution is -0.389. The van der Waals surface area contributed by atoms with Crippen LogP contribution in [-0.2, 0) is 6.54 Å². The number of hydrogen-bond donors (Lipinski definition) is 0. The van der Waals surface area contributed by atoms with Gasteiger partial charge in [-0.05, 0) is 23.7 Å². The van der Waals surface area contributed by atoms with Crippen molar-refractivity contribution < 1.29 is 4.92 Å². The Hall–Kier alpha value is -1.39. The molecule has 5 nitrogen and oxygen atoms in total. The molecule has 0 spiro atoms. The van der Waals surface area contributed by atoms with Crippen molar-refractivity contribution in [1.82, 2.24) is 9.78 Å². The van der Waals surface area contributed by atoms with E-state index in [0.717, 1.165) is 6.54 Å². The molecular weight excluding hydrogens is 170 g/mol. The standard InChI is InChI=1S/C8H11N3O2/c12-11(13)8-4-5-10(9-8)6-7-2-1-3-7/h4-5,7H,1-3,6H2. The Morgan fingerprint density at radius 1 is 1.69 bits per heavy atom. The second kappa shape index (κ2) is 3.16. The highest BCUT2D eigenvalue weighted by atomic mass is 16.6. The van der Waals surface area contributed by atoms with Crippen molar-refractivity contribution in [3.05, 3.63) is 22.4 Å². The van der Waals surface area contributed by atoms with Crippen molar-refractivity contribution >= 4 is 5.82 Å². The minimum absolute atomic E-state index is 0.0562. The molecule has 1 heterocycles. The zero-order valence-electron chi connectivity index (χ0n) is 7.22. The van der Waals surface area contributed by atoms with Gasteiger partial charge in [-0.2, -0.15) is 4.68 Å². The van der Waals surface area contributed by atoms with Gasteiger partial charge in [-0.3, -0.25) is 0 Å². The Morgan fingerprint density at radius 3 is 2.92 bits per heavy atom. The summed E-state index contributed by atoms with van der Waals surface area (Å²) >= 11 is 0. The molecule has 0 atom stereocenters.